The van der Waals surface area contributed by atoms with E-state index in [1.807, 2.05) is 19.1 Å². The summed E-state index contributed by atoms with van der Waals surface area (Å²) in [5.74, 6) is -1.15. The van der Waals surface area contributed by atoms with Crippen molar-refractivity contribution in [2.45, 2.75) is 46.6 Å². The Hall–Kier alpha value is -4.10. The summed E-state index contributed by atoms with van der Waals surface area (Å²) in [7, 11) is 1.00. The number of anilines is 1. The molecule has 248 valence electrons. The quantitative estimate of drug-likeness (QED) is 0.0679. The maximum Gasteiger partial charge on any atom is 0.246 e. The van der Waals surface area contributed by atoms with Crippen molar-refractivity contribution in [3.8, 4) is 0 Å². The molecule has 1 atom stereocenters. The van der Waals surface area contributed by atoms with Crippen LogP contribution in [0.15, 0.2) is 24.3 Å². The first-order valence-corrected chi connectivity index (χ1v) is 13.6. The van der Waals surface area contributed by atoms with Gasteiger partial charge in [-0.1, -0.05) is 38.0 Å². The van der Waals surface area contributed by atoms with Gasteiger partial charge in [0.05, 0.1) is 59.4 Å². The molecule has 0 spiro atoms. The fourth-order valence-corrected chi connectivity index (χ4v) is 2.61. The number of benzene rings is 1. The van der Waals surface area contributed by atoms with E-state index in [0.717, 1.165) is 12.7 Å². The molecular formula is C28H49FmN4O9-. The van der Waals surface area contributed by atoms with E-state index >= 15 is 0 Å². The van der Waals surface area contributed by atoms with Crippen LogP contribution in [0.2, 0.25) is 0 Å². The van der Waals surface area contributed by atoms with Crippen molar-refractivity contribution in [2.24, 2.45) is 0 Å². The Kier molecular flexibility index (Phi) is 31.7. The Morgan fingerprint density at radius 2 is 1.31 bits per heavy atom. The molecule has 1 aromatic rings. The summed E-state index contributed by atoms with van der Waals surface area (Å²) in [6.07, 6.45) is 2.91. The van der Waals surface area contributed by atoms with Gasteiger partial charge in [-0.25, -0.2) is 0 Å². The van der Waals surface area contributed by atoms with E-state index in [4.69, 9.17) is 24.1 Å². The molecule has 0 saturated heterocycles. The minimum absolute atomic E-state index is 0. The third-order valence-corrected chi connectivity index (χ3v) is 4.57. The summed E-state index contributed by atoms with van der Waals surface area (Å²) in [4.78, 5) is 45.9. The molecule has 0 aromatic heterocycles. The summed E-state index contributed by atoms with van der Waals surface area (Å²) in [6.45, 7) is 10.9. The van der Waals surface area contributed by atoms with Gasteiger partial charge in [-0.3, -0.25) is 14.4 Å². The first-order valence-electron chi connectivity index (χ1n) is 13.6. The van der Waals surface area contributed by atoms with Crippen LogP contribution in [0.25, 0.3) is 0 Å². The summed E-state index contributed by atoms with van der Waals surface area (Å²) < 4.78 is 21.2. The van der Waals surface area contributed by atoms with E-state index < -0.39 is 11.9 Å². The monoisotopic (exact) mass is 842 g/mol. The topological polar surface area (TPSA) is 174 Å². The number of nitrogens with one attached hydrogen (secondary N) is 4. The zero-order valence-electron chi connectivity index (χ0n) is 25.4. The largest absolute Gasteiger partial charge is 0.528 e. The van der Waals surface area contributed by atoms with Gasteiger partial charge in [0.25, 0.3) is 0 Å². The normalized spacial score (nSPS) is 10.3. The molecule has 4 amide bonds. The molecule has 13 nitrogen and oxygen atoms in total. The van der Waals surface area contributed by atoms with E-state index in [9.17, 15) is 19.2 Å². The first-order chi connectivity index (χ1) is 19.8. The third kappa shape index (κ3) is 27.5. The summed E-state index contributed by atoms with van der Waals surface area (Å²) in [6, 6.07) is 6.55. The molecule has 1 aromatic carbocycles. The number of hydrogen-bond donors (Lipinski definition) is 5. The maximum absolute atomic E-state index is 12.2. The Morgan fingerprint density at radius 1 is 0.833 bits per heavy atom. The second kappa shape index (κ2) is 31.4. The number of aliphatic hydroxyl groups is 1. The molecule has 1 rings (SSSR count). The zero-order valence-corrected chi connectivity index (χ0v) is 27.8. The zero-order chi connectivity index (χ0) is 31.1. The standard InChI is InChI=1S/C24H37N4O8.C3H8.CH4O.Fm/c1-19-3-5-21(6-4-19)28-24(32)20(2)27-23(31)17-26-22(30)7-9-33-11-13-35-15-16-36-14-12-34-10-8-25-18-29;1-3-2;1-2;/h3-6,20H,7-17H2,1-2H3,(H,25,29)(H,26,30)(H,27,31)(H,28,32);3H2,1-2H3;2H,1H3;/q-1;;;. The minimum atomic E-state index is -0.756. The van der Waals surface area contributed by atoms with Crippen LogP contribution < -0.4 is 21.3 Å². The van der Waals surface area contributed by atoms with Gasteiger partial charge in [0, 0.05) is 25.8 Å². The molecule has 0 aliphatic carbocycles. The van der Waals surface area contributed by atoms with Crippen LogP contribution in [0, 0.1) is 6.92 Å². The molecule has 14 heteroatoms. The molecule has 0 saturated carbocycles. The van der Waals surface area contributed by atoms with Crippen molar-refractivity contribution in [3.63, 3.8) is 0 Å². The van der Waals surface area contributed by atoms with Crippen molar-refractivity contribution in [1.82, 2.24) is 16.0 Å². The first kappa shape index (κ1) is 42.4. The van der Waals surface area contributed by atoms with Gasteiger partial charge >= 0.3 is 0 Å². The Balaban J connectivity index is -0.00000237. The molecule has 0 bridgehead atoms. The molecule has 0 fully saturated rings. The predicted octanol–water partition coefficient (Wildman–Crippen LogP) is 0.693. The van der Waals surface area contributed by atoms with Crippen molar-refractivity contribution in [2.75, 3.05) is 78.4 Å². The van der Waals surface area contributed by atoms with Gasteiger partial charge in [-0.15, -0.1) is 0 Å². The maximum atomic E-state index is 12.2. The van der Waals surface area contributed by atoms with Gasteiger partial charge in [0.15, 0.2) is 0 Å². The Labute approximate surface area is 244 Å². The van der Waals surface area contributed by atoms with Gasteiger partial charge in [-0.05, 0) is 26.0 Å². The number of amides is 4. The van der Waals surface area contributed by atoms with Crippen LogP contribution in [0.4, 0.5) is 5.69 Å². The Morgan fingerprint density at radius 3 is 1.81 bits per heavy atom. The SMILES string of the molecule is CCC.CO.Cc1ccc(NC(=O)C(C)NC(=O)CNC(=O)CCOCCOCCOCCOCCN[C-]=O)cc1.[Fm]. The number of carbonyl (C=O) groups is 3. The van der Waals surface area contributed by atoms with Gasteiger partial charge in [-0.2, -0.15) is 6.41 Å². The van der Waals surface area contributed by atoms with E-state index in [1.54, 1.807) is 25.5 Å². The average molecular weight is 843 g/mol. The van der Waals surface area contributed by atoms with Gasteiger partial charge < -0.3 is 50.1 Å². The summed E-state index contributed by atoms with van der Waals surface area (Å²) in [5.41, 5.74) is 1.71. The number of rotatable bonds is 21. The molecule has 42 heavy (non-hydrogen) atoms. The number of ether oxygens (including phenoxy) is 4. The molecule has 0 aliphatic heterocycles. The molecule has 0 aliphatic rings. The van der Waals surface area contributed by atoms with E-state index in [0.29, 0.717) is 58.5 Å². The van der Waals surface area contributed by atoms with Crippen LogP contribution in [-0.2, 0) is 38.1 Å². The van der Waals surface area contributed by atoms with Gasteiger partial charge in [0.1, 0.15) is 6.04 Å². The van der Waals surface area contributed by atoms with Crippen LogP contribution in [0.5, 0.6) is 0 Å². The van der Waals surface area contributed by atoms with Crippen molar-refractivity contribution >= 4 is 29.8 Å². The summed E-state index contributed by atoms with van der Waals surface area (Å²) >= 11 is 0. The predicted molar refractivity (Wildman–Crippen MR) is 156 cm³/mol. The number of aryl methyl sites for hydroxylation is 1. The Bertz CT molecular complexity index is 802. The van der Waals surface area contributed by atoms with Gasteiger partial charge in [0.2, 0.25) is 17.7 Å². The van der Waals surface area contributed by atoms with Crippen molar-refractivity contribution in [3.05, 3.63) is 29.8 Å². The number of aliphatic hydroxyl groups excluding tert-OH is 1. The van der Waals surface area contributed by atoms with Crippen LogP contribution in [0.3, 0.4) is 0 Å². The molecule has 5 N–H and O–H groups in total. The average Bonchev–Trinajstić information content (AvgIpc) is 2.96. The van der Waals surface area contributed by atoms with E-state index in [1.165, 1.54) is 6.42 Å². The molecule has 0 heterocycles. The molecule has 0 radical (unpaired) electrons. The van der Waals surface area contributed by atoms with Crippen LogP contribution >= 0.6 is 0 Å². The van der Waals surface area contributed by atoms with E-state index in [-0.39, 0.29) is 31.4 Å². The number of hydrogen-bond acceptors (Lipinski definition) is 9. The second-order valence-electron chi connectivity index (χ2n) is 8.36. The smallest absolute Gasteiger partial charge is 0.246 e. The second-order valence-corrected chi connectivity index (χ2v) is 8.36. The van der Waals surface area contributed by atoms with Crippen molar-refractivity contribution in [1.29, 1.82) is 0 Å². The third-order valence-electron chi connectivity index (χ3n) is 4.57. The van der Waals surface area contributed by atoms with E-state index in [2.05, 4.69) is 35.1 Å². The fraction of sp³-hybridized carbons (Fsp3) is 0.643. The van der Waals surface area contributed by atoms with Crippen LogP contribution in [0.1, 0.15) is 39.2 Å². The minimum Gasteiger partial charge on any atom is -0.528 e. The molecular weight excluding hydrogens is 793 g/mol. The summed E-state index contributed by atoms with van der Waals surface area (Å²) in [5, 5.41) is 17.1. The van der Waals surface area contributed by atoms with Crippen LogP contribution in [-0.4, -0.2) is 108 Å². The van der Waals surface area contributed by atoms with Crippen molar-refractivity contribution < 1.29 is 43.2 Å². The number of carbonyl (C=O) groups excluding carboxylic acids is 4. The fourth-order valence-electron chi connectivity index (χ4n) is 2.61. The molecule has 1 unspecified atom stereocenters.